The molecule has 0 atom stereocenters. The number of halogens is 3. The summed E-state index contributed by atoms with van der Waals surface area (Å²) in [5.74, 6) is 0. The smallest absolute Gasteiger partial charge is 0.395 e. The number of aliphatic hydroxyl groups is 1. The van der Waals surface area contributed by atoms with E-state index in [1.807, 2.05) is 0 Å². The number of aryl methyl sites for hydroxylation is 1. The summed E-state index contributed by atoms with van der Waals surface area (Å²) in [6.45, 7) is 1.83. The van der Waals surface area contributed by atoms with Crippen molar-refractivity contribution >= 4 is 5.69 Å². The molecule has 0 aliphatic rings. The van der Waals surface area contributed by atoms with Crippen LogP contribution in [0.5, 0.6) is 0 Å². The molecule has 0 amide bonds. The molecule has 2 nitrogen and oxygen atoms in total. The minimum absolute atomic E-state index is 0.0915. The average molecular weight is 233 g/mol. The van der Waals surface area contributed by atoms with Crippen LogP contribution in [0, 0.1) is 6.92 Å². The van der Waals surface area contributed by atoms with Gasteiger partial charge in [-0.2, -0.15) is 13.2 Å². The third-order valence-electron chi connectivity index (χ3n) is 2.27. The second kappa shape index (κ2) is 4.74. The van der Waals surface area contributed by atoms with E-state index in [0.29, 0.717) is 17.8 Å². The van der Waals surface area contributed by atoms with E-state index in [1.165, 1.54) is 0 Å². The largest absolute Gasteiger partial charge is 0.416 e. The van der Waals surface area contributed by atoms with Crippen molar-refractivity contribution in [2.45, 2.75) is 13.1 Å². The van der Waals surface area contributed by atoms with Crippen molar-refractivity contribution in [2.75, 3.05) is 25.1 Å². The average Bonchev–Trinajstić information content (AvgIpc) is 2.16. The maximum atomic E-state index is 12.5. The standard InChI is InChI=1S/C11H14F3NO/c1-8-5-9(11(12,13)14)7-10(6-8)15(2)3-4-16/h5-7,16H,3-4H2,1-2H3. The number of likely N-dealkylation sites (N-methyl/N-ethyl adjacent to an activating group) is 1. The van der Waals surface area contributed by atoms with Crippen LogP contribution in [0.1, 0.15) is 11.1 Å². The van der Waals surface area contributed by atoms with Gasteiger partial charge in [0.2, 0.25) is 0 Å². The molecule has 0 bridgehead atoms. The van der Waals surface area contributed by atoms with Crippen LogP contribution in [0.4, 0.5) is 18.9 Å². The summed E-state index contributed by atoms with van der Waals surface area (Å²) in [6.07, 6.45) is -4.33. The summed E-state index contributed by atoms with van der Waals surface area (Å²) >= 11 is 0. The fourth-order valence-corrected chi connectivity index (χ4v) is 1.43. The Morgan fingerprint density at radius 3 is 2.38 bits per heavy atom. The third kappa shape index (κ3) is 3.13. The van der Waals surface area contributed by atoms with Crippen molar-refractivity contribution in [2.24, 2.45) is 0 Å². The monoisotopic (exact) mass is 233 g/mol. The molecular weight excluding hydrogens is 219 g/mol. The first kappa shape index (κ1) is 12.8. The SMILES string of the molecule is Cc1cc(N(C)CCO)cc(C(F)(F)F)c1. The molecule has 0 radical (unpaired) electrons. The van der Waals surface area contributed by atoms with Gasteiger partial charge in [-0.05, 0) is 30.7 Å². The van der Waals surface area contributed by atoms with Gasteiger partial charge in [-0.25, -0.2) is 0 Å². The number of rotatable bonds is 3. The van der Waals surface area contributed by atoms with Crippen molar-refractivity contribution in [3.8, 4) is 0 Å². The second-order valence-electron chi connectivity index (χ2n) is 3.70. The van der Waals surface area contributed by atoms with Gasteiger partial charge < -0.3 is 10.0 Å². The van der Waals surface area contributed by atoms with Crippen LogP contribution in [0.15, 0.2) is 18.2 Å². The van der Waals surface area contributed by atoms with E-state index < -0.39 is 11.7 Å². The number of anilines is 1. The predicted molar refractivity (Wildman–Crippen MR) is 56.5 cm³/mol. The molecule has 0 aliphatic heterocycles. The molecule has 0 fully saturated rings. The van der Waals surface area contributed by atoms with Gasteiger partial charge in [0.15, 0.2) is 0 Å². The Bertz CT molecular complexity index is 363. The van der Waals surface area contributed by atoms with Gasteiger partial charge in [-0.1, -0.05) is 0 Å². The lowest BCUT2D eigenvalue weighted by molar-refractivity contribution is -0.137. The Morgan fingerprint density at radius 1 is 1.25 bits per heavy atom. The molecule has 1 rings (SSSR count). The zero-order valence-corrected chi connectivity index (χ0v) is 9.17. The summed E-state index contributed by atoms with van der Waals surface area (Å²) in [5, 5.41) is 8.73. The summed E-state index contributed by atoms with van der Waals surface area (Å²) in [7, 11) is 1.64. The Hall–Kier alpha value is -1.23. The van der Waals surface area contributed by atoms with Crippen LogP contribution in [0.25, 0.3) is 0 Å². The molecule has 0 spiro atoms. The first-order valence-electron chi connectivity index (χ1n) is 4.85. The summed E-state index contributed by atoms with van der Waals surface area (Å²) in [5.41, 5.74) is 0.350. The molecule has 0 aromatic heterocycles. The fraction of sp³-hybridized carbons (Fsp3) is 0.455. The van der Waals surface area contributed by atoms with Crippen LogP contribution in [0.2, 0.25) is 0 Å². The lowest BCUT2D eigenvalue weighted by Crippen LogP contribution is -2.21. The second-order valence-corrected chi connectivity index (χ2v) is 3.70. The minimum atomic E-state index is -4.33. The van der Waals surface area contributed by atoms with E-state index in [0.717, 1.165) is 12.1 Å². The summed E-state index contributed by atoms with van der Waals surface area (Å²) < 4.78 is 37.6. The number of hydrogen-bond acceptors (Lipinski definition) is 2. The van der Waals surface area contributed by atoms with Gasteiger partial charge in [0.05, 0.1) is 12.2 Å². The topological polar surface area (TPSA) is 23.5 Å². The van der Waals surface area contributed by atoms with E-state index in [9.17, 15) is 13.2 Å². The molecule has 5 heteroatoms. The Kier molecular flexibility index (Phi) is 3.80. The number of aliphatic hydroxyl groups excluding tert-OH is 1. The van der Waals surface area contributed by atoms with Gasteiger partial charge in [0.1, 0.15) is 0 Å². The zero-order valence-electron chi connectivity index (χ0n) is 9.17. The van der Waals surface area contributed by atoms with Gasteiger partial charge in [0, 0.05) is 19.3 Å². The van der Waals surface area contributed by atoms with Crippen LogP contribution >= 0.6 is 0 Å². The number of nitrogens with zero attached hydrogens (tertiary/aromatic N) is 1. The van der Waals surface area contributed by atoms with E-state index in [1.54, 1.807) is 24.9 Å². The maximum Gasteiger partial charge on any atom is 0.416 e. The first-order valence-corrected chi connectivity index (χ1v) is 4.85. The van der Waals surface area contributed by atoms with Crippen molar-refractivity contribution in [1.82, 2.24) is 0 Å². The normalized spacial score (nSPS) is 11.6. The van der Waals surface area contributed by atoms with Crippen molar-refractivity contribution in [3.05, 3.63) is 29.3 Å². The molecule has 1 N–H and O–H groups in total. The summed E-state index contributed by atoms with van der Waals surface area (Å²) in [6, 6.07) is 3.85. The Balaban J connectivity index is 3.08. The van der Waals surface area contributed by atoms with E-state index >= 15 is 0 Å². The molecule has 0 heterocycles. The van der Waals surface area contributed by atoms with Crippen molar-refractivity contribution < 1.29 is 18.3 Å². The summed E-state index contributed by atoms with van der Waals surface area (Å²) in [4.78, 5) is 1.59. The zero-order chi connectivity index (χ0) is 12.3. The van der Waals surface area contributed by atoms with Crippen molar-refractivity contribution in [3.63, 3.8) is 0 Å². The third-order valence-corrected chi connectivity index (χ3v) is 2.27. The van der Waals surface area contributed by atoms with Crippen LogP contribution in [0.3, 0.4) is 0 Å². The molecule has 1 aromatic carbocycles. The molecule has 0 aliphatic carbocycles. The highest BCUT2D eigenvalue weighted by molar-refractivity contribution is 5.51. The van der Waals surface area contributed by atoms with E-state index in [2.05, 4.69) is 0 Å². The lowest BCUT2D eigenvalue weighted by atomic mass is 10.1. The van der Waals surface area contributed by atoms with Gasteiger partial charge in [0.25, 0.3) is 0 Å². The van der Waals surface area contributed by atoms with Gasteiger partial charge >= 0.3 is 6.18 Å². The highest BCUT2D eigenvalue weighted by atomic mass is 19.4. The highest BCUT2D eigenvalue weighted by Gasteiger charge is 2.31. The van der Waals surface area contributed by atoms with Crippen LogP contribution in [-0.4, -0.2) is 25.3 Å². The molecular formula is C11H14F3NO. The van der Waals surface area contributed by atoms with Crippen LogP contribution < -0.4 is 4.90 Å². The number of alkyl halides is 3. The molecule has 0 saturated carbocycles. The van der Waals surface area contributed by atoms with E-state index in [4.69, 9.17) is 5.11 Å². The quantitative estimate of drug-likeness (QED) is 0.866. The molecule has 90 valence electrons. The van der Waals surface area contributed by atoms with Gasteiger partial charge in [-0.3, -0.25) is 0 Å². The first-order chi connectivity index (χ1) is 7.34. The molecule has 0 saturated heterocycles. The Labute approximate surface area is 92.3 Å². The van der Waals surface area contributed by atoms with E-state index in [-0.39, 0.29) is 6.61 Å². The lowest BCUT2D eigenvalue weighted by Gasteiger charge is -2.20. The number of benzene rings is 1. The molecule has 1 aromatic rings. The fourth-order valence-electron chi connectivity index (χ4n) is 1.43. The minimum Gasteiger partial charge on any atom is -0.395 e. The molecule has 0 unspecified atom stereocenters. The Morgan fingerprint density at radius 2 is 1.88 bits per heavy atom. The maximum absolute atomic E-state index is 12.5. The van der Waals surface area contributed by atoms with Gasteiger partial charge in [-0.15, -0.1) is 0 Å². The van der Waals surface area contributed by atoms with Crippen LogP contribution in [-0.2, 0) is 6.18 Å². The highest BCUT2D eigenvalue weighted by Crippen LogP contribution is 2.32. The molecule has 16 heavy (non-hydrogen) atoms. The number of hydrogen-bond donors (Lipinski definition) is 1. The predicted octanol–water partition coefficient (Wildman–Crippen LogP) is 2.44. The van der Waals surface area contributed by atoms with Crippen molar-refractivity contribution in [1.29, 1.82) is 0 Å².